The van der Waals surface area contributed by atoms with Crippen LogP contribution in [0, 0.1) is 5.92 Å². The highest BCUT2D eigenvalue weighted by atomic mass is 16.5. The first-order valence-corrected chi connectivity index (χ1v) is 4.90. The van der Waals surface area contributed by atoms with Gasteiger partial charge in [-0.15, -0.1) is 10.2 Å². The third-order valence-corrected chi connectivity index (χ3v) is 1.84. The molecule has 0 spiro atoms. The van der Waals surface area contributed by atoms with Crippen molar-refractivity contribution < 1.29 is 4.74 Å². The van der Waals surface area contributed by atoms with E-state index in [1.807, 2.05) is 0 Å². The Morgan fingerprint density at radius 1 is 1.36 bits per heavy atom. The van der Waals surface area contributed by atoms with Crippen LogP contribution in [0.25, 0.3) is 0 Å². The molecule has 0 aromatic carbocycles. The third-order valence-electron chi connectivity index (χ3n) is 1.84. The van der Waals surface area contributed by atoms with E-state index in [4.69, 9.17) is 10.5 Å². The number of nitrogen functional groups attached to an aromatic ring is 1. The van der Waals surface area contributed by atoms with Crippen molar-refractivity contribution in [1.29, 1.82) is 0 Å². The maximum atomic E-state index is 5.39. The minimum atomic E-state index is 0.416. The first-order valence-electron chi connectivity index (χ1n) is 4.90. The molecule has 0 atom stereocenters. The predicted octanol–water partition coefficient (Wildman–Crippen LogP) is 1.87. The zero-order chi connectivity index (χ0) is 10.4. The maximum absolute atomic E-state index is 5.39. The number of nitrogens with two attached hydrogens (primary N) is 1. The first-order chi connectivity index (χ1) is 6.68. The molecule has 2 N–H and O–H groups in total. The Morgan fingerprint density at radius 2 is 2.14 bits per heavy atom. The molecule has 1 aromatic rings. The largest absolute Gasteiger partial charge is 0.477 e. The van der Waals surface area contributed by atoms with Gasteiger partial charge in [-0.1, -0.05) is 13.8 Å². The fraction of sp³-hybridized carbons (Fsp3) is 0.600. The molecule has 4 heteroatoms. The number of hydrogen-bond acceptors (Lipinski definition) is 4. The molecule has 14 heavy (non-hydrogen) atoms. The zero-order valence-electron chi connectivity index (χ0n) is 8.73. The maximum Gasteiger partial charge on any atom is 0.233 e. The van der Waals surface area contributed by atoms with Crippen LogP contribution in [0.3, 0.4) is 0 Å². The van der Waals surface area contributed by atoms with E-state index in [1.54, 1.807) is 12.1 Å². The van der Waals surface area contributed by atoms with E-state index in [1.165, 1.54) is 6.42 Å². The normalized spacial score (nSPS) is 10.5. The Hall–Kier alpha value is -1.32. The van der Waals surface area contributed by atoms with Crippen molar-refractivity contribution in [2.75, 3.05) is 12.3 Å². The van der Waals surface area contributed by atoms with E-state index < -0.39 is 0 Å². The van der Waals surface area contributed by atoms with Crippen LogP contribution in [0.5, 0.6) is 5.88 Å². The van der Waals surface area contributed by atoms with E-state index in [0.29, 0.717) is 18.3 Å². The van der Waals surface area contributed by atoms with E-state index >= 15 is 0 Å². The molecule has 0 aliphatic carbocycles. The van der Waals surface area contributed by atoms with Crippen molar-refractivity contribution in [3.05, 3.63) is 12.1 Å². The number of ether oxygens (including phenoxy) is 1. The number of nitrogens with zero attached hydrogens (tertiary/aromatic N) is 2. The molecule has 0 radical (unpaired) electrons. The lowest BCUT2D eigenvalue weighted by Crippen LogP contribution is -2.02. The topological polar surface area (TPSA) is 61.0 Å². The molecule has 0 bridgehead atoms. The second-order valence-electron chi connectivity index (χ2n) is 3.68. The fourth-order valence-corrected chi connectivity index (χ4v) is 1.08. The Balaban J connectivity index is 2.21. The van der Waals surface area contributed by atoms with Crippen LogP contribution >= 0.6 is 0 Å². The molecule has 0 unspecified atom stereocenters. The number of hydrogen-bond donors (Lipinski definition) is 1. The van der Waals surface area contributed by atoms with Crippen LogP contribution in [0.15, 0.2) is 12.1 Å². The van der Waals surface area contributed by atoms with Crippen LogP contribution in [-0.2, 0) is 0 Å². The van der Waals surface area contributed by atoms with E-state index in [9.17, 15) is 0 Å². The Bertz CT molecular complexity index is 259. The van der Waals surface area contributed by atoms with Gasteiger partial charge in [0.2, 0.25) is 5.88 Å². The molecule has 1 heterocycles. The van der Waals surface area contributed by atoms with Gasteiger partial charge >= 0.3 is 0 Å². The minimum Gasteiger partial charge on any atom is -0.477 e. The molecule has 78 valence electrons. The fourth-order valence-electron chi connectivity index (χ4n) is 1.08. The SMILES string of the molecule is CC(C)CCCOc1ccc(N)nn1. The summed E-state index contributed by atoms with van der Waals surface area (Å²) < 4.78 is 5.38. The summed E-state index contributed by atoms with van der Waals surface area (Å²) in [7, 11) is 0. The second kappa shape index (κ2) is 5.42. The first kappa shape index (κ1) is 10.8. The van der Waals surface area contributed by atoms with Gasteiger partial charge in [-0.25, -0.2) is 0 Å². The average molecular weight is 195 g/mol. The molecule has 4 nitrogen and oxygen atoms in total. The van der Waals surface area contributed by atoms with E-state index in [0.717, 1.165) is 12.3 Å². The lowest BCUT2D eigenvalue weighted by molar-refractivity contribution is 0.284. The molecule has 0 saturated carbocycles. The average Bonchev–Trinajstić information content (AvgIpc) is 2.15. The highest BCUT2D eigenvalue weighted by Crippen LogP contribution is 2.08. The molecule has 0 saturated heterocycles. The van der Waals surface area contributed by atoms with Crippen LogP contribution < -0.4 is 10.5 Å². The van der Waals surface area contributed by atoms with Crippen LogP contribution in [0.2, 0.25) is 0 Å². The zero-order valence-corrected chi connectivity index (χ0v) is 8.73. The predicted molar refractivity (Wildman–Crippen MR) is 56.0 cm³/mol. The molecule has 0 aliphatic rings. The quantitative estimate of drug-likeness (QED) is 0.729. The van der Waals surface area contributed by atoms with Crippen molar-refractivity contribution in [2.24, 2.45) is 5.92 Å². The van der Waals surface area contributed by atoms with Crippen LogP contribution in [0.1, 0.15) is 26.7 Å². The highest BCUT2D eigenvalue weighted by Gasteiger charge is 1.97. The summed E-state index contributed by atoms with van der Waals surface area (Å²) in [5.74, 6) is 1.68. The van der Waals surface area contributed by atoms with Crippen molar-refractivity contribution in [3.8, 4) is 5.88 Å². The Kier molecular flexibility index (Phi) is 4.16. The third kappa shape index (κ3) is 4.07. The summed E-state index contributed by atoms with van der Waals surface area (Å²) in [6.07, 6.45) is 2.21. The lowest BCUT2D eigenvalue weighted by Gasteiger charge is -2.05. The van der Waals surface area contributed by atoms with E-state index in [2.05, 4.69) is 24.0 Å². The lowest BCUT2D eigenvalue weighted by atomic mass is 10.1. The summed E-state index contributed by atoms with van der Waals surface area (Å²) in [6, 6.07) is 3.42. The second-order valence-corrected chi connectivity index (χ2v) is 3.68. The van der Waals surface area contributed by atoms with Crippen LogP contribution in [0.4, 0.5) is 5.82 Å². The molecular weight excluding hydrogens is 178 g/mol. The van der Waals surface area contributed by atoms with Gasteiger partial charge in [-0.05, 0) is 24.8 Å². The monoisotopic (exact) mass is 195 g/mol. The Morgan fingerprint density at radius 3 is 2.71 bits per heavy atom. The van der Waals surface area contributed by atoms with Crippen molar-refractivity contribution in [2.45, 2.75) is 26.7 Å². The molecule has 0 amide bonds. The van der Waals surface area contributed by atoms with Gasteiger partial charge in [0.25, 0.3) is 0 Å². The van der Waals surface area contributed by atoms with Gasteiger partial charge in [0.1, 0.15) is 5.82 Å². The van der Waals surface area contributed by atoms with Gasteiger partial charge < -0.3 is 10.5 Å². The molecule has 1 aromatic heterocycles. The van der Waals surface area contributed by atoms with Crippen molar-refractivity contribution in [3.63, 3.8) is 0 Å². The van der Waals surface area contributed by atoms with Gasteiger partial charge in [0.05, 0.1) is 6.61 Å². The molecular formula is C10H17N3O. The summed E-state index contributed by atoms with van der Waals surface area (Å²) in [5, 5.41) is 7.49. The van der Waals surface area contributed by atoms with Gasteiger partial charge in [0, 0.05) is 6.07 Å². The van der Waals surface area contributed by atoms with Crippen molar-refractivity contribution >= 4 is 5.82 Å². The standard InChI is InChI=1S/C10H17N3O/c1-8(2)4-3-7-14-10-6-5-9(11)12-13-10/h5-6,8H,3-4,7H2,1-2H3,(H2,11,12). The smallest absolute Gasteiger partial charge is 0.233 e. The summed E-state index contributed by atoms with van der Waals surface area (Å²) in [4.78, 5) is 0. The van der Waals surface area contributed by atoms with Crippen LogP contribution in [-0.4, -0.2) is 16.8 Å². The summed E-state index contributed by atoms with van der Waals surface area (Å²) in [6.45, 7) is 5.09. The van der Waals surface area contributed by atoms with Gasteiger partial charge in [-0.2, -0.15) is 0 Å². The number of aromatic nitrogens is 2. The molecule has 0 fully saturated rings. The van der Waals surface area contributed by atoms with Gasteiger partial charge in [-0.3, -0.25) is 0 Å². The Labute approximate surface area is 84.5 Å². The number of anilines is 1. The highest BCUT2D eigenvalue weighted by molar-refractivity contribution is 5.27. The summed E-state index contributed by atoms with van der Waals surface area (Å²) in [5.41, 5.74) is 5.39. The van der Waals surface area contributed by atoms with Gasteiger partial charge in [0.15, 0.2) is 0 Å². The minimum absolute atomic E-state index is 0.416. The van der Waals surface area contributed by atoms with E-state index in [-0.39, 0.29) is 0 Å². The molecule has 1 rings (SSSR count). The number of rotatable bonds is 5. The molecule has 0 aliphatic heterocycles. The van der Waals surface area contributed by atoms with Crippen molar-refractivity contribution in [1.82, 2.24) is 10.2 Å². The summed E-state index contributed by atoms with van der Waals surface area (Å²) >= 11 is 0.